The van der Waals surface area contributed by atoms with Crippen LogP contribution in [-0.4, -0.2) is 11.1 Å². The van der Waals surface area contributed by atoms with Crippen LogP contribution in [0, 0.1) is 0 Å². The molecule has 0 amide bonds. The van der Waals surface area contributed by atoms with Crippen LogP contribution in [0.25, 0.3) is 0 Å². The predicted octanol–water partition coefficient (Wildman–Crippen LogP) is 3.93. The highest BCUT2D eigenvalue weighted by atomic mass is 31.1. The molecule has 0 bridgehead atoms. The van der Waals surface area contributed by atoms with E-state index in [9.17, 15) is 4.79 Å². The van der Waals surface area contributed by atoms with Gasteiger partial charge in [-0.25, -0.2) is 0 Å². The first-order valence-corrected chi connectivity index (χ1v) is 9.23. The summed E-state index contributed by atoms with van der Waals surface area (Å²) in [5.74, 6) is -0.745. The van der Waals surface area contributed by atoms with Crippen molar-refractivity contribution in [2.45, 2.75) is 13.3 Å². The SMILES string of the molecule is CCC(=O)O.c1ccc(P(c2ccccc2)c2ccccc2)cc1. The van der Waals surface area contributed by atoms with Gasteiger partial charge in [-0.3, -0.25) is 4.79 Å². The van der Waals surface area contributed by atoms with E-state index < -0.39 is 13.9 Å². The van der Waals surface area contributed by atoms with Crippen molar-refractivity contribution in [3.8, 4) is 0 Å². The Bertz CT molecular complexity index is 634. The number of hydrogen-bond acceptors (Lipinski definition) is 1. The van der Waals surface area contributed by atoms with Crippen molar-refractivity contribution in [1.29, 1.82) is 0 Å². The maximum atomic E-state index is 9.37. The smallest absolute Gasteiger partial charge is 0.303 e. The van der Waals surface area contributed by atoms with E-state index in [2.05, 4.69) is 91.0 Å². The molecule has 122 valence electrons. The lowest BCUT2D eigenvalue weighted by Crippen LogP contribution is -2.20. The molecule has 0 fully saturated rings. The minimum atomic E-state index is -0.745. The first-order valence-electron chi connectivity index (χ1n) is 7.89. The number of aliphatic carboxylic acids is 1. The second kappa shape index (κ2) is 9.64. The van der Waals surface area contributed by atoms with Crippen molar-refractivity contribution < 1.29 is 9.90 Å². The van der Waals surface area contributed by atoms with Crippen LogP contribution in [-0.2, 0) is 4.79 Å². The molecule has 24 heavy (non-hydrogen) atoms. The molecule has 2 nitrogen and oxygen atoms in total. The molecule has 1 N–H and O–H groups in total. The highest BCUT2D eigenvalue weighted by Crippen LogP contribution is 2.32. The van der Waals surface area contributed by atoms with E-state index >= 15 is 0 Å². The fraction of sp³-hybridized carbons (Fsp3) is 0.0952. The molecule has 0 aromatic heterocycles. The van der Waals surface area contributed by atoms with E-state index in [0.717, 1.165) is 0 Å². The molecule has 0 atom stereocenters. The van der Waals surface area contributed by atoms with Gasteiger partial charge in [0.15, 0.2) is 0 Å². The Balaban J connectivity index is 0.000000368. The molecule has 3 aromatic carbocycles. The van der Waals surface area contributed by atoms with E-state index in [-0.39, 0.29) is 6.42 Å². The molecule has 3 rings (SSSR count). The largest absolute Gasteiger partial charge is 0.481 e. The Kier molecular flexibility index (Phi) is 7.20. The Labute approximate surface area is 144 Å². The number of hydrogen-bond donors (Lipinski definition) is 1. The Morgan fingerprint density at radius 1 is 0.708 bits per heavy atom. The lowest BCUT2D eigenvalue weighted by Gasteiger charge is -2.18. The van der Waals surface area contributed by atoms with Crippen LogP contribution in [0.1, 0.15) is 13.3 Å². The first-order chi connectivity index (χ1) is 11.7. The summed E-state index contributed by atoms with van der Waals surface area (Å²) >= 11 is 0. The molecule has 3 aromatic rings. The monoisotopic (exact) mass is 336 g/mol. The fourth-order valence-electron chi connectivity index (χ4n) is 2.18. The van der Waals surface area contributed by atoms with E-state index in [4.69, 9.17) is 5.11 Å². The highest BCUT2D eigenvalue weighted by Gasteiger charge is 2.14. The maximum absolute atomic E-state index is 9.37. The van der Waals surface area contributed by atoms with Gasteiger partial charge in [0.2, 0.25) is 0 Å². The highest BCUT2D eigenvalue weighted by molar-refractivity contribution is 7.79. The van der Waals surface area contributed by atoms with E-state index in [1.165, 1.54) is 15.9 Å². The summed E-state index contributed by atoms with van der Waals surface area (Å²) in [5, 5.41) is 11.9. The molecule has 0 aliphatic rings. The zero-order chi connectivity index (χ0) is 17.2. The number of carboxylic acids is 1. The van der Waals surface area contributed by atoms with Crippen LogP contribution in [0.4, 0.5) is 0 Å². The van der Waals surface area contributed by atoms with Gasteiger partial charge < -0.3 is 5.11 Å². The third-order valence-corrected chi connectivity index (χ3v) is 5.79. The van der Waals surface area contributed by atoms with Crippen LogP contribution < -0.4 is 15.9 Å². The second-order valence-corrected chi connectivity index (χ2v) is 7.31. The fourth-order valence-corrected chi connectivity index (χ4v) is 4.48. The van der Waals surface area contributed by atoms with Crippen LogP contribution in [0.3, 0.4) is 0 Å². The number of rotatable bonds is 4. The van der Waals surface area contributed by atoms with Gasteiger partial charge in [-0.2, -0.15) is 0 Å². The van der Waals surface area contributed by atoms with E-state index in [0.29, 0.717) is 0 Å². The molecular formula is C21H21O2P. The Morgan fingerprint density at radius 3 is 1.17 bits per heavy atom. The number of carbonyl (C=O) groups is 1. The van der Waals surface area contributed by atoms with Crippen molar-refractivity contribution in [2.75, 3.05) is 0 Å². The van der Waals surface area contributed by atoms with Gasteiger partial charge in [0.05, 0.1) is 0 Å². The first kappa shape index (κ1) is 17.9. The molecule has 0 spiro atoms. The average molecular weight is 336 g/mol. The summed E-state index contributed by atoms with van der Waals surface area (Å²) in [4.78, 5) is 9.37. The van der Waals surface area contributed by atoms with Crippen molar-refractivity contribution in [1.82, 2.24) is 0 Å². The topological polar surface area (TPSA) is 37.3 Å². The van der Waals surface area contributed by atoms with Crippen LogP contribution in [0.15, 0.2) is 91.0 Å². The van der Waals surface area contributed by atoms with Crippen molar-refractivity contribution >= 4 is 29.8 Å². The molecule has 3 heteroatoms. The zero-order valence-electron chi connectivity index (χ0n) is 13.7. The third kappa shape index (κ3) is 5.33. The van der Waals surface area contributed by atoms with Crippen LogP contribution in [0.5, 0.6) is 0 Å². The van der Waals surface area contributed by atoms with Crippen LogP contribution in [0.2, 0.25) is 0 Å². The summed E-state index contributed by atoms with van der Waals surface area (Å²) in [6, 6.07) is 32.3. The molecule has 0 saturated carbocycles. The normalized spacial score (nSPS) is 9.92. The van der Waals surface area contributed by atoms with Gasteiger partial charge >= 0.3 is 5.97 Å². The van der Waals surface area contributed by atoms with Crippen LogP contribution >= 0.6 is 7.92 Å². The quantitative estimate of drug-likeness (QED) is 0.733. The van der Waals surface area contributed by atoms with E-state index in [1.54, 1.807) is 6.92 Å². The maximum Gasteiger partial charge on any atom is 0.303 e. The Hall–Kier alpha value is -2.44. The van der Waals surface area contributed by atoms with Gasteiger partial charge in [0.25, 0.3) is 0 Å². The number of benzene rings is 3. The van der Waals surface area contributed by atoms with Gasteiger partial charge in [-0.15, -0.1) is 0 Å². The minimum Gasteiger partial charge on any atom is -0.481 e. The molecule has 0 radical (unpaired) electrons. The van der Waals surface area contributed by atoms with Gasteiger partial charge in [-0.05, 0) is 23.8 Å². The summed E-state index contributed by atoms with van der Waals surface area (Å²) in [6.07, 6.45) is 0.222. The minimum absolute atomic E-state index is 0.222. The van der Waals surface area contributed by atoms with Crippen molar-refractivity contribution in [2.24, 2.45) is 0 Å². The van der Waals surface area contributed by atoms with Crippen molar-refractivity contribution in [3.63, 3.8) is 0 Å². The predicted molar refractivity (Wildman–Crippen MR) is 103 cm³/mol. The summed E-state index contributed by atoms with van der Waals surface area (Å²) < 4.78 is 0. The molecule has 0 saturated heterocycles. The Morgan fingerprint density at radius 2 is 0.958 bits per heavy atom. The molecular weight excluding hydrogens is 315 g/mol. The standard InChI is InChI=1S/C18H15P.C3H6O2/c1-4-10-16(11-5-1)19(17-12-6-2-7-13-17)18-14-8-3-9-15-18;1-2-3(4)5/h1-15H;2H2,1H3,(H,4,5). The zero-order valence-corrected chi connectivity index (χ0v) is 14.6. The van der Waals surface area contributed by atoms with E-state index in [1.807, 2.05) is 0 Å². The number of carboxylic acid groups (broad SMARTS) is 1. The lowest BCUT2D eigenvalue weighted by molar-refractivity contribution is -0.136. The summed E-state index contributed by atoms with van der Waals surface area (Å²) in [5.41, 5.74) is 0. The van der Waals surface area contributed by atoms with Gasteiger partial charge in [0, 0.05) is 6.42 Å². The molecule has 0 aliphatic heterocycles. The lowest BCUT2D eigenvalue weighted by atomic mass is 10.4. The molecule has 0 aliphatic carbocycles. The molecule has 0 heterocycles. The molecule has 0 unspecified atom stereocenters. The second-order valence-electron chi connectivity index (χ2n) is 5.09. The third-order valence-electron chi connectivity index (χ3n) is 3.35. The van der Waals surface area contributed by atoms with Crippen molar-refractivity contribution in [3.05, 3.63) is 91.0 Å². The van der Waals surface area contributed by atoms with Gasteiger partial charge in [-0.1, -0.05) is 97.9 Å². The summed E-state index contributed by atoms with van der Waals surface area (Å²) in [7, 11) is -0.446. The van der Waals surface area contributed by atoms with Gasteiger partial charge in [0.1, 0.15) is 0 Å². The average Bonchev–Trinajstić information content (AvgIpc) is 2.65. The summed E-state index contributed by atoms with van der Waals surface area (Å²) in [6.45, 7) is 1.60.